The largest absolute Gasteiger partial charge is 0.446 e. The van der Waals surface area contributed by atoms with E-state index in [0.717, 1.165) is 30.2 Å². The molecular formula is C19H22N4O3S. The molecule has 2 aliphatic rings. The Hall–Kier alpha value is -2.32. The van der Waals surface area contributed by atoms with E-state index in [-0.39, 0.29) is 24.1 Å². The number of para-hydroxylation sites is 1. The smallest absolute Gasteiger partial charge is 0.273 e. The number of aromatic nitrogens is 1. The van der Waals surface area contributed by atoms with Crippen molar-refractivity contribution in [3.05, 3.63) is 42.1 Å². The lowest BCUT2D eigenvalue weighted by atomic mass is 10.2. The van der Waals surface area contributed by atoms with Crippen LogP contribution < -0.4 is 10.2 Å². The highest BCUT2D eigenvalue weighted by Crippen LogP contribution is 2.35. The number of likely N-dealkylation sites (tertiary alicyclic amines) is 1. The normalized spacial score (nSPS) is 17.2. The Kier molecular flexibility index (Phi) is 5.45. The molecule has 2 amide bonds. The first-order chi connectivity index (χ1) is 13.2. The molecule has 7 nitrogen and oxygen atoms in total. The van der Waals surface area contributed by atoms with Gasteiger partial charge in [-0.05, 0) is 38.1 Å². The first-order valence-electron chi connectivity index (χ1n) is 9.18. The zero-order valence-electron chi connectivity index (χ0n) is 15.0. The molecule has 0 radical (unpaired) electrons. The monoisotopic (exact) mass is 386 g/mol. The lowest BCUT2D eigenvalue weighted by Gasteiger charge is -2.27. The number of benzene rings is 1. The molecule has 8 heteroatoms. The van der Waals surface area contributed by atoms with Gasteiger partial charge in [-0.3, -0.25) is 9.59 Å². The number of rotatable bonds is 6. The van der Waals surface area contributed by atoms with Crippen molar-refractivity contribution in [2.24, 2.45) is 0 Å². The Balaban J connectivity index is 1.36. The van der Waals surface area contributed by atoms with E-state index in [1.54, 1.807) is 4.90 Å². The van der Waals surface area contributed by atoms with Gasteiger partial charge in [-0.15, -0.1) is 11.8 Å². The summed E-state index contributed by atoms with van der Waals surface area (Å²) >= 11 is 1.53. The fraction of sp³-hybridized carbons (Fsp3) is 0.421. The molecule has 0 spiro atoms. The third kappa shape index (κ3) is 4.17. The predicted octanol–water partition coefficient (Wildman–Crippen LogP) is 2.14. The van der Waals surface area contributed by atoms with Gasteiger partial charge in [0.25, 0.3) is 5.91 Å². The van der Waals surface area contributed by atoms with Crippen molar-refractivity contribution in [2.75, 3.05) is 36.8 Å². The van der Waals surface area contributed by atoms with Gasteiger partial charge in [0.1, 0.15) is 12.8 Å². The lowest BCUT2D eigenvalue weighted by molar-refractivity contribution is -0.116. The van der Waals surface area contributed by atoms with Crippen molar-refractivity contribution in [3.8, 4) is 0 Å². The molecule has 4 rings (SSSR count). The molecule has 1 saturated heterocycles. The molecule has 1 fully saturated rings. The molecule has 0 unspecified atom stereocenters. The van der Waals surface area contributed by atoms with E-state index in [1.807, 2.05) is 24.3 Å². The maximum Gasteiger partial charge on any atom is 0.273 e. The minimum Gasteiger partial charge on any atom is -0.446 e. The summed E-state index contributed by atoms with van der Waals surface area (Å²) in [6, 6.07) is 7.76. The van der Waals surface area contributed by atoms with E-state index in [0.29, 0.717) is 18.2 Å². The van der Waals surface area contributed by atoms with E-state index >= 15 is 0 Å². The molecule has 0 aliphatic carbocycles. The van der Waals surface area contributed by atoms with Gasteiger partial charge in [0.2, 0.25) is 11.8 Å². The molecule has 1 aromatic carbocycles. The van der Waals surface area contributed by atoms with E-state index in [2.05, 4.69) is 15.2 Å². The number of thioether (sulfide) groups is 1. The average molecular weight is 386 g/mol. The number of hydrogen-bond acceptors (Lipinski definition) is 6. The second kappa shape index (κ2) is 8.14. The minimum atomic E-state index is -0.245. The zero-order valence-corrected chi connectivity index (χ0v) is 15.8. The standard InChI is InChI=1S/C19H22N4O3S/c24-18-13-27-16-6-2-1-5-15(16)23(18)11-17-21-14(12-26-17)19(25)20-7-10-22-8-3-4-9-22/h1-2,5-6,12H,3-4,7-11,13H2,(H,20,25). The second-order valence-corrected chi connectivity index (χ2v) is 7.68. The summed E-state index contributed by atoms with van der Waals surface area (Å²) < 4.78 is 5.45. The van der Waals surface area contributed by atoms with Gasteiger partial charge in [-0.1, -0.05) is 12.1 Å². The molecular weight excluding hydrogens is 364 g/mol. The lowest BCUT2D eigenvalue weighted by Crippen LogP contribution is -2.35. The van der Waals surface area contributed by atoms with Gasteiger partial charge in [0.15, 0.2) is 5.69 Å². The number of carbonyl (C=O) groups excluding carboxylic acids is 2. The van der Waals surface area contributed by atoms with Gasteiger partial charge in [-0.2, -0.15) is 0 Å². The number of oxazole rings is 1. The van der Waals surface area contributed by atoms with E-state index < -0.39 is 0 Å². The Morgan fingerprint density at radius 2 is 2.07 bits per heavy atom. The summed E-state index contributed by atoms with van der Waals surface area (Å²) in [5.74, 6) is 0.509. The van der Waals surface area contributed by atoms with Crippen LogP contribution in [0.1, 0.15) is 29.2 Å². The van der Waals surface area contributed by atoms with Crippen molar-refractivity contribution in [3.63, 3.8) is 0 Å². The number of nitrogens with one attached hydrogen (secondary N) is 1. The van der Waals surface area contributed by atoms with Crippen LogP contribution in [-0.4, -0.2) is 53.6 Å². The number of carbonyl (C=O) groups is 2. The van der Waals surface area contributed by atoms with Crippen LogP contribution in [-0.2, 0) is 11.3 Å². The van der Waals surface area contributed by atoms with Crippen molar-refractivity contribution in [1.82, 2.24) is 15.2 Å². The highest BCUT2D eigenvalue weighted by Gasteiger charge is 2.26. The Morgan fingerprint density at radius 3 is 2.93 bits per heavy atom. The molecule has 0 saturated carbocycles. The minimum absolute atomic E-state index is 0.00788. The molecule has 2 aromatic rings. The van der Waals surface area contributed by atoms with Crippen LogP contribution >= 0.6 is 11.8 Å². The van der Waals surface area contributed by atoms with Crippen LogP contribution in [0.5, 0.6) is 0 Å². The number of amides is 2. The average Bonchev–Trinajstić information content (AvgIpc) is 3.36. The fourth-order valence-corrected chi connectivity index (χ4v) is 4.31. The highest BCUT2D eigenvalue weighted by atomic mass is 32.2. The van der Waals surface area contributed by atoms with Crippen molar-refractivity contribution < 1.29 is 14.0 Å². The van der Waals surface area contributed by atoms with Crippen molar-refractivity contribution in [2.45, 2.75) is 24.3 Å². The van der Waals surface area contributed by atoms with Crippen LogP contribution in [0.2, 0.25) is 0 Å². The van der Waals surface area contributed by atoms with Crippen molar-refractivity contribution >= 4 is 29.3 Å². The van der Waals surface area contributed by atoms with Crippen LogP contribution in [0, 0.1) is 0 Å². The van der Waals surface area contributed by atoms with Crippen LogP contribution in [0.25, 0.3) is 0 Å². The third-order valence-corrected chi connectivity index (χ3v) is 5.85. The first kappa shape index (κ1) is 18.1. The maximum atomic E-state index is 12.3. The maximum absolute atomic E-state index is 12.3. The van der Waals surface area contributed by atoms with Crippen LogP contribution in [0.3, 0.4) is 0 Å². The van der Waals surface area contributed by atoms with Gasteiger partial charge in [-0.25, -0.2) is 4.98 Å². The van der Waals surface area contributed by atoms with Crippen LogP contribution in [0.15, 0.2) is 39.8 Å². The van der Waals surface area contributed by atoms with Gasteiger partial charge in [0, 0.05) is 18.0 Å². The highest BCUT2D eigenvalue weighted by molar-refractivity contribution is 8.00. The first-order valence-corrected chi connectivity index (χ1v) is 10.2. The molecule has 3 heterocycles. The molecule has 1 N–H and O–H groups in total. The number of anilines is 1. The molecule has 27 heavy (non-hydrogen) atoms. The van der Waals surface area contributed by atoms with E-state index in [9.17, 15) is 9.59 Å². The number of hydrogen-bond donors (Lipinski definition) is 1. The third-order valence-electron chi connectivity index (χ3n) is 4.80. The molecule has 2 aliphatic heterocycles. The second-order valence-electron chi connectivity index (χ2n) is 6.67. The number of fused-ring (bicyclic) bond motifs is 1. The fourth-order valence-electron chi connectivity index (χ4n) is 3.37. The Labute approximate surface area is 162 Å². The molecule has 0 atom stereocenters. The zero-order chi connectivity index (χ0) is 18.6. The van der Waals surface area contributed by atoms with E-state index in [1.165, 1.54) is 30.9 Å². The van der Waals surface area contributed by atoms with Crippen molar-refractivity contribution in [1.29, 1.82) is 0 Å². The summed E-state index contributed by atoms with van der Waals surface area (Å²) in [5.41, 5.74) is 1.10. The Morgan fingerprint density at radius 1 is 1.26 bits per heavy atom. The summed E-state index contributed by atoms with van der Waals surface area (Å²) in [5, 5.41) is 2.88. The van der Waals surface area contributed by atoms with Gasteiger partial charge in [0.05, 0.1) is 11.4 Å². The van der Waals surface area contributed by atoms with Gasteiger partial charge >= 0.3 is 0 Å². The molecule has 142 valence electrons. The van der Waals surface area contributed by atoms with E-state index in [4.69, 9.17) is 4.42 Å². The quantitative estimate of drug-likeness (QED) is 0.820. The predicted molar refractivity (Wildman–Crippen MR) is 103 cm³/mol. The number of nitrogens with zero attached hydrogens (tertiary/aromatic N) is 3. The molecule has 1 aromatic heterocycles. The SMILES string of the molecule is O=C(NCCN1CCCC1)c1coc(CN2C(=O)CSc3ccccc32)n1. The van der Waals surface area contributed by atoms with Gasteiger partial charge < -0.3 is 19.5 Å². The summed E-state index contributed by atoms with van der Waals surface area (Å²) in [4.78, 5) is 33.9. The van der Waals surface area contributed by atoms with Crippen LogP contribution in [0.4, 0.5) is 5.69 Å². The summed E-state index contributed by atoms with van der Waals surface area (Å²) in [6.45, 7) is 3.88. The summed E-state index contributed by atoms with van der Waals surface area (Å²) in [7, 11) is 0. The topological polar surface area (TPSA) is 78.7 Å². The Bertz CT molecular complexity index is 832. The molecule has 0 bridgehead atoms. The summed E-state index contributed by atoms with van der Waals surface area (Å²) in [6.07, 6.45) is 3.82.